The predicted octanol–water partition coefficient (Wildman–Crippen LogP) is 5.31. The molecule has 0 amide bonds. The van der Waals surface area contributed by atoms with Crippen molar-refractivity contribution in [3.8, 4) is 11.1 Å². The van der Waals surface area contributed by atoms with Gasteiger partial charge < -0.3 is 0 Å². The van der Waals surface area contributed by atoms with Gasteiger partial charge in [-0.25, -0.2) is 0 Å². The Bertz CT molecular complexity index is 1050. The van der Waals surface area contributed by atoms with Crippen LogP contribution < -0.4 is 0 Å². The molecule has 1 aromatic carbocycles. The zero-order chi connectivity index (χ0) is 22.2. The number of hydrogen-bond donors (Lipinski definition) is 1. The maximum absolute atomic E-state index is 13.2. The Morgan fingerprint density at radius 1 is 1.23 bits per heavy atom. The molecule has 1 saturated heterocycles. The number of aryl methyl sites for hydroxylation is 2. The van der Waals surface area contributed by atoms with Crippen molar-refractivity contribution in [1.82, 2.24) is 24.9 Å². The Morgan fingerprint density at radius 3 is 2.74 bits per heavy atom. The van der Waals surface area contributed by atoms with Gasteiger partial charge in [-0.05, 0) is 57.9 Å². The van der Waals surface area contributed by atoms with Crippen LogP contribution in [0.25, 0.3) is 11.1 Å². The third kappa shape index (κ3) is 4.39. The molecule has 1 fully saturated rings. The minimum absolute atomic E-state index is 0.197. The van der Waals surface area contributed by atoms with Crippen LogP contribution in [0.15, 0.2) is 30.5 Å². The van der Waals surface area contributed by atoms with E-state index in [1.165, 1.54) is 23.4 Å². The van der Waals surface area contributed by atoms with Crippen molar-refractivity contribution in [2.75, 3.05) is 13.1 Å². The van der Waals surface area contributed by atoms with E-state index in [1.54, 1.807) is 12.3 Å². The van der Waals surface area contributed by atoms with Crippen LogP contribution in [-0.4, -0.2) is 38.0 Å². The van der Waals surface area contributed by atoms with E-state index in [2.05, 4.69) is 41.0 Å². The monoisotopic (exact) mass is 431 g/mol. The van der Waals surface area contributed by atoms with Gasteiger partial charge in [0.25, 0.3) is 0 Å². The van der Waals surface area contributed by atoms with Crippen molar-refractivity contribution in [3.05, 3.63) is 58.7 Å². The van der Waals surface area contributed by atoms with E-state index >= 15 is 0 Å². The lowest BCUT2D eigenvalue weighted by Gasteiger charge is -2.32. The summed E-state index contributed by atoms with van der Waals surface area (Å²) in [5.74, 6) is 0.197. The Morgan fingerprint density at radius 2 is 2.03 bits per heavy atom. The van der Waals surface area contributed by atoms with Gasteiger partial charge in [-0.3, -0.25) is 14.7 Å². The van der Waals surface area contributed by atoms with Crippen LogP contribution in [0.2, 0.25) is 0 Å². The summed E-state index contributed by atoms with van der Waals surface area (Å²) in [5.41, 5.74) is 5.12. The maximum Gasteiger partial charge on any atom is 0.416 e. The summed E-state index contributed by atoms with van der Waals surface area (Å²) in [6, 6.07) is 5.49. The van der Waals surface area contributed by atoms with Crippen LogP contribution in [0.1, 0.15) is 53.9 Å². The summed E-state index contributed by atoms with van der Waals surface area (Å²) >= 11 is 0. The summed E-state index contributed by atoms with van der Waals surface area (Å²) in [6.45, 7) is 9.78. The number of piperidine rings is 1. The molecule has 0 bridgehead atoms. The van der Waals surface area contributed by atoms with Crippen LogP contribution in [0.5, 0.6) is 0 Å². The van der Waals surface area contributed by atoms with Crippen molar-refractivity contribution in [2.24, 2.45) is 0 Å². The van der Waals surface area contributed by atoms with Gasteiger partial charge in [-0.1, -0.05) is 12.1 Å². The average Bonchev–Trinajstić information content (AvgIpc) is 3.34. The Hall–Kier alpha value is -2.61. The Kier molecular flexibility index (Phi) is 5.92. The molecule has 2 aromatic heterocycles. The van der Waals surface area contributed by atoms with E-state index < -0.39 is 11.7 Å². The number of nitrogens with one attached hydrogen (secondary N) is 1. The zero-order valence-corrected chi connectivity index (χ0v) is 18.1. The van der Waals surface area contributed by atoms with E-state index in [4.69, 9.17) is 0 Å². The highest BCUT2D eigenvalue weighted by Gasteiger charge is 2.31. The molecule has 8 heteroatoms. The van der Waals surface area contributed by atoms with Crippen molar-refractivity contribution >= 4 is 0 Å². The highest BCUT2D eigenvalue weighted by atomic mass is 19.4. The molecule has 1 N–H and O–H groups in total. The fraction of sp³-hybridized carbons (Fsp3) is 0.478. The molecule has 1 aliphatic heterocycles. The number of hydrogen-bond acceptors (Lipinski definition) is 3. The molecule has 0 saturated carbocycles. The molecule has 0 spiro atoms. The summed E-state index contributed by atoms with van der Waals surface area (Å²) in [5, 5.41) is 11.9. The molecule has 1 atom stereocenters. The van der Waals surface area contributed by atoms with Crippen molar-refractivity contribution < 1.29 is 13.2 Å². The SMILES string of the molecule is CCn1nc(C)c(CN2CCC[C@@H](c3[nH]ncc3-c3cccc(C(F)(F)F)c3)C2)c1C. The molecule has 4 rings (SSSR count). The number of halogens is 3. The highest BCUT2D eigenvalue weighted by molar-refractivity contribution is 5.66. The summed E-state index contributed by atoms with van der Waals surface area (Å²) in [7, 11) is 0. The van der Waals surface area contributed by atoms with E-state index in [0.29, 0.717) is 5.56 Å². The first kappa shape index (κ1) is 21.6. The average molecular weight is 432 g/mol. The second-order valence-corrected chi connectivity index (χ2v) is 8.32. The summed E-state index contributed by atoms with van der Waals surface area (Å²) in [4.78, 5) is 2.42. The molecule has 0 aliphatic carbocycles. The molecule has 0 unspecified atom stereocenters. The smallest absolute Gasteiger partial charge is 0.298 e. The normalized spacial score (nSPS) is 17.9. The lowest BCUT2D eigenvalue weighted by molar-refractivity contribution is -0.137. The zero-order valence-electron chi connectivity index (χ0n) is 18.1. The van der Waals surface area contributed by atoms with Gasteiger partial charge in [0.1, 0.15) is 0 Å². The van der Waals surface area contributed by atoms with Gasteiger partial charge in [0.05, 0.1) is 17.5 Å². The Balaban J connectivity index is 1.56. The van der Waals surface area contributed by atoms with Crippen molar-refractivity contribution in [3.63, 3.8) is 0 Å². The molecule has 3 aromatic rings. The number of alkyl halides is 3. The number of nitrogens with zero attached hydrogens (tertiary/aromatic N) is 4. The first-order valence-corrected chi connectivity index (χ1v) is 10.7. The molecular formula is C23H28F3N5. The first-order valence-electron chi connectivity index (χ1n) is 10.7. The second-order valence-electron chi connectivity index (χ2n) is 8.32. The minimum atomic E-state index is -4.36. The fourth-order valence-electron chi connectivity index (χ4n) is 4.63. The maximum atomic E-state index is 13.2. The van der Waals surface area contributed by atoms with Crippen molar-refractivity contribution in [1.29, 1.82) is 0 Å². The number of aromatic amines is 1. The summed E-state index contributed by atoms with van der Waals surface area (Å²) in [6.07, 6.45) is -0.702. The second kappa shape index (κ2) is 8.49. The van der Waals surface area contributed by atoms with Crippen LogP contribution in [0.4, 0.5) is 13.2 Å². The van der Waals surface area contributed by atoms with Gasteiger partial charge in [-0.2, -0.15) is 23.4 Å². The molecule has 1 aliphatic rings. The highest BCUT2D eigenvalue weighted by Crippen LogP contribution is 2.36. The number of rotatable bonds is 5. The molecule has 5 nitrogen and oxygen atoms in total. The Labute approximate surface area is 180 Å². The largest absolute Gasteiger partial charge is 0.416 e. The minimum Gasteiger partial charge on any atom is -0.298 e. The third-order valence-corrected chi connectivity index (χ3v) is 6.30. The molecular weight excluding hydrogens is 403 g/mol. The van der Waals surface area contributed by atoms with Crippen molar-refractivity contribution in [2.45, 2.75) is 58.8 Å². The molecule has 0 radical (unpaired) electrons. The van der Waals surface area contributed by atoms with E-state index in [-0.39, 0.29) is 5.92 Å². The van der Waals surface area contributed by atoms with E-state index in [0.717, 1.165) is 62.0 Å². The van der Waals surface area contributed by atoms with Crippen LogP contribution in [0, 0.1) is 13.8 Å². The molecule has 31 heavy (non-hydrogen) atoms. The van der Waals surface area contributed by atoms with E-state index in [9.17, 15) is 13.2 Å². The van der Waals surface area contributed by atoms with Gasteiger partial charge in [0.2, 0.25) is 0 Å². The number of likely N-dealkylation sites (tertiary alicyclic amines) is 1. The number of benzene rings is 1. The van der Waals surface area contributed by atoms with Gasteiger partial charge in [0, 0.05) is 48.1 Å². The molecule has 166 valence electrons. The molecule has 3 heterocycles. The third-order valence-electron chi connectivity index (χ3n) is 6.30. The van der Waals surface area contributed by atoms with E-state index in [1.807, 2.05) is 4.68 Å². The number of aromatic nitrogens is 4. The number of H-pyrrole nitrogens is 1. The van der Waals surface area contributed by atoms with Crippen LogP contribution in [0.3, 0.4) is 0 Å². The topological polar surface area (TPSA) is 49.7 Å². The fourth-order valence-corrected chi connectivity index (χ4v) is 4.63. The van der Waals surface area contributed by atoms with Crippen LogP contribution in [-0.2, 0) is 19.3 Å². The lowest BCUT2D eigenvalue weighted by atomic mass is 9.90. The van der Waals surface area contributed by atoms with Crippen LogP contribution >= 0.6 is 0 Å². The van der Waals surface area contributed by atoms with Gasteiger partial charge in [-0.15, -0.1) is 0 Å². The first-order chi connectivity index (χ1) is 14.8. The predicted molar refractivity (Wildman–Crippen MR) is 114 cm³/mol. The quantitative estimate of drug-likeness (QED) is 0.596. The van der Waals surface area contributed by atoms with Gasteiger partial charge >= 0.3 is 6.18 Å². The lowest BCUT2D eigenvalue weighted by Crippen LogP contribution is -2.34. The van der Waals surface area contributed by atoms with Gasteiger partial charge in [0.15, 0.2) is 0 Å². The standard InChI is InChI=1S/C23H28F3N5/c1-4-31-16(3)21(15(2)29-31)14-30-10-6-8-18(13-30)22-20(12-27-28-22)17-7-5-9-19(11-17)23(24,25)26/h5,7,9,11-12,18H,4,6,8,10,13-14H2,1-3H3,(H,27,28)/t18-/m1/s1. The summed E-state index contributed by atoms with van der Waals surface area (Å²) < 4.78 is 41.6.